The fourth-order valence-electron chi connectivity index (χ4n) is 1.68. The van der Waals surface area contributed by atoms with Crippen molar-refractivity contribution in [1.82, 2.24) is 0 Å². The topological polar surface area (TPSA) is 55.1 Å². The number of carbonyl (C=O) groups excluding carboxylic acids is 1. The van der Waals surface area contributed by atoms with Gasteiger partial charge < -0.3 is 11.1 Å². The van der Waals surface area contributed by atoms with Gasteiger partial charge in [0.1, 0.15) is 0 Å². The van der Waals surface area contributed by atoms with Crippen molar-refractivity contribution in [2.75, 3.05) is 11.1 Å². The van der Waals surface area contributed by atoms with Crippen LogP contribution in [0.15, 0.2) is 45.3 Å². The van der Waals surface area contributed by atoms with E-state index in [1.165, 1.54) is 0 Å². The first-order chi connectivity index (χ1) is 8.97. The molecule has 0 aliphatic heterocycles. The van der Waals surface area contributed by atoms with Gasteiger partial charge in [0.2, 0.25) is 0 Å². The average molecular weight is 384 g/mol. The highest BCUT2D eigenvalue weighted by atomic mass is 79.9. The van der Waals surface area contributed by atoms with E-state index in [2.05, 4.69) is 37.2 Å². The van der Waals surface area contributed by atoms with Gasteiger partial charge in [-0.25, -0.2) is 0 Å². The summed E-state index contributed by atoms with van der Waals surface area (Å²) in [4.78, 5) is 12.2. The molecule has 0 aromatic heterocycles. The molecule has 3 nitrogen and oxygen atoms in total. The number of hydrogen-bond donors (Lipinski definition) is 2. The summed E-state index contributed by atoms with van der Waals surface area (Å²) in [5.74, 6) is -0.186. The summed E-state index contributed by atoms with van der Waals surface area (Å²) in [5.41, 5.74) is 8.55. The van der Waals surface area contributed by atoms with Crippen LogP contribution < -0.4 is 11.1 Å². The Morgan fingerprint density at radius 1 is 1.21 bits per heavy atom. The number of rotatable bonds is 2. The van der Waals surface area contributed by atoms with Gasteiger partial charge in [-0.3, -0.25) is 4.79 Å². The van der Waals surface area contributed by atoms with E-state index in [1.807, 2.05) is 25.1 Å². The van der Waals surface area contributed by atoms with Gasteiger partial charge in [-0.15, -0.1) is 0 Å². The molecule has 2 aromatic rings. The van der Waals surface area contributed by atoms with Crippen molar-refractivity contribution < 1.29 is 4.79 Å². The van der Waals surface area contributed by atoms with Gasteiger partial charge in [-0.1, -0.05) is 37.9 Å². The van der Waals surface area contributed by atoms with Crippen LogP contribution in [0.5, 0.6) is 0 Å². The second-order valence-corrected chi connectivity index (χ2v) is 5.91. The fourth-order valence-corrected chi connectivity index (χ4v) is 2.56. The molecule has 0 saturated heterocycles. The van der Waals surface area contributed by atoms with E-state index in [9.17, 15) is 4.79 Å². The Balaban J connectivity index is 2.28. The van der Waals surface area contributed by atoms with Crippen molar-refractivity contribution >= 4 is 49.1 Å². The number of benzene rings is 2. The van der Waals surface area contributed by atoms with E-state index in [1.54, 1.807) is 18.2 Å². The van der Waals surface area contributed by atoms with Gasteiger partial charge in [0.05, 0.1) is 0 Å². The van der Waals surface area contributed by atoms with Crippen LogP contribution in [0.2, 0.25) is 0 Å². The zero-order valence-corrected chi connectivity index (χ0v) is 13.4. The second kappa shape index (κ2) is 5.75. The Labute approximate surface area is 128 Å². The molecular formula is C14H12Br2N2O. The minimum Gasteiger partial charge on any atom is -0.399 e. The maximum atomic E-state index is 12.2. The second-order valence-electron chi connectivity index (χ2n) is 4.14. The van der Waals surface area contributed by atoms with Crippen molar-refractivity contribution in [3.05, 3.63) is 56.5 Å². The number of hydrogen-bond acceptors (Lipinski definition) is 2. The van der Waals surface area contributed by atoms with E-state index < -0.39 is 0 Å². The molecule has 0 radical (unpaired) electrons. The zero-order valence-electron chi connectivity index (χ0n) is 10.2. The first kappa shape index (κ1) is 14.1. The third-order valence-electron chi connectivity index (χ3n) is 2.70. The lowest BCUT2D eigenvalue weighted by molar-refractivity contribution is 0.102. The molecule has 0 heterocycles. The fraction of sp³-hybridized carbons (Fsp3) is 0.0714. The lowest BCUT2D eigenvalue weighted by atomic mass is 10.1. The van der Waals surface area contributed by atoms with Gasteiger partial charge in [0.15, 0.2) is 0 Å². The van der Waals surface area contributed by atoms with Crippen LogP contribution in [-0.2, 0) is 0 Å². The summed E-state index contributed by atoms with van der Waals surface area (Å²) in [6, 6.07) is 10.8. The molecule has 3 N–H and O–H groups in total. The highest BCUT2D eigenvalue weighted by Gasteiger charge is 2.10. The van der Waals surface area contributed by atoms with Crippen LogP contribution in [0.1, 0.15) is 15.9 Å². The van der Waals surface area contributed by atoms with Crippen LogP contribution in [0, 0.1) is 6.92 Å². The highest BCUT2D eigenvalue weighted by Crippen LogP contribution is 2.24. The molecule has 2 rings (SSSR count). The van der Waals surface area contributed by atoms with E-state index in [0.717, 1.165) is 20.2 Å². The number of amides is 1. The maximum Gasteiger partial charge on any atom is 0.255 e. The van der Waals surface area contributed by atoms with Gasteiger partial charge in [0.25, 0.3) is 5.91 Å². The summed E-state index contributed by atoms with van der Waals surface area (Å²) in [5, 5.41) is 2.88. The van der Waals surface area contributed by atoms with Gasteiger partial charge in [-0.05, 0) is 42.8 Å². The van der Waals surface area contributed by atoms with Gasteiger partial charge in [0, 0.05) is 25.9 Å². The molecule has 98 valence electrons. The first-order valence-corrected chi connectivity index (χ1v) is 7.18. The van der Waals surface area contributed by atoms with E-state index in [4.69, 9.17) is 5.73 Å². The molecule has 0 spiro atoms. The zero-order chi connectivity index (χ0) is 14.0. The lowest BCUT2D eigenvalue weighted by Gasteiger charge is -2.10. The Morgan fingerprint density at radius 2 is 1.95 bits per heavy atom. The number of nitrogen functional groups attached to an aromatic ring is 1. The van der Waals surface area contributed by atoms with Gasteiger partial charge >= 0.3 is 0 Å². The summed E-state index contributed by atoms with van der Waals surface area (Å²) in [6.07, 6.45) is 0. The third kappa shape index (κ3) is 3.36. The van der Waals surface area contributed by atoms with Crippen LogP contribution in [0.25, 0.3) is 0 Å². The first-order valence-electron chi connectivity index (χ1n) is 5.60. The quantitative estimate of drug-likeness (QED) is 0.757. The summed E-state index contributed by atoms with van der Waals surface area (Å²) in [6.45, 7) is 1.94. The molecule has 0 unspecified atom stereocenters. The molecule has 0 aliphatic carbocycles. The molecule has 0 fully saturated rings. The Morgan fingerprint density at radius 3 is 2.63 bits per heavy atom. The number of halogens is 2. The Kier molecular flexibility index (Phi) is 4.27. The smallest absolute Gasteiger partial charge is 0.255 e. The molecule has 0 saturated carbocycles. The third-order valence-corrected chi connectivity index (χ3v) is 4.02. The van der Waals surface area contributed by atoms with Crippen LogP contribution in [-0.4, -0.2) is 5.91 Å². The molecule has 5 heteroatoms. The standard InChI is InChI=1S/C14H12Br2N2O/c1-8-12(16)3-2-4-13(8)18-14(19)9-5-10(15)7-11(17)6-9/h2-7H,17H2,1H3,(H,18,19). The minimum absolute atomic E-state index is 0.186. The largest absolute Gasteiger partial charge is 0.399 e. The van der Waals surface area contributed by atoms with Crippen LogP contribution in [0.4, 0.5) is 11.4 Å². The average Bonchev–Trinajstić information content (AvgIpc) is 2.33. The molecule has 0 aliphatic rings. The lowest BCUT2D eigenvalue weighted by Crippen LogP contribution is -2.13. The summed E-state index contributed by atoms with van der Waals surface area (Å²) in [7, 11) is 0. The highest BCUT2D eigenvalue weighted by molar-refractivity contribution is 9.10. The SMILES string of the molecule is Cc1c(Br)cccc1NC(=O)c1cc(N)cc(Br)c1. The van der Waals surface area contributed by atoms with Crippen molar-refractivity contribution in [1.29, 1.82) is 0 Å². The van der Waals surface area contributed by atoms with E-state index in [0.29, 0.717) is 11.3 Å². The molecule has 1 amide bonds. The van der Waals surface area contributed by atoms with Crippen molar-refractivity contribution in [2.24, 2.45) is 0 Å². The summed E-state index contributed by atoms with van der Waals surface area (Å²) < 4.78 is 1.74. The van der Waals surface area contributed by atoms with E-state index in [-0.39, 0.29) is 5.91 Å². The summed E-state index contributed by atoms with van der Waals surface area (Å²) >= 11 is 6.76. The Hall–Kier alpha value is -1.33. The van der Waals surface area contributed by atoms with Crippen LogP contribution in [0.3, 0.4) is 0 Å². The number of carbonyl (C=O) groups is 1. The van der Waals surface area contributed by atoms with Crippen LogP contribution >= 0.6 is 31.9 Å². The number of nitrogens with one attached hydrogen (secondary N) is 1. The Bertz CT molecular complexity index is 621. The maximum absolute atomic E-state index is 12.2. The number of anilines is 2. The predicted octanol–water partition coefficient (Wildman–Crippen LogP) is 4.35. The molecule has 2 aromatic carbocycles. The van der Waals surface area contributed by atoms with Gasteiger partial charge in [-0.2, -0.15) is 0 Å². The van der Waals surface area contributed by atoms with E-state index >= 15 is 0 Å². The number of nitrogens with two attached hydrogens (primary N) is 1. The van der Waals surface area contributed by atoms with Crippen molar-refractivity contribution in [3.8, 4) is 0 Å². The van der Waals surface area contributed by atoms with Crippen molar-refractivity contribution in [3.63, 3.8) is 0 Å². The molecule has 0 bridgehead atoms. The predicted molar refractivity (Wildman–Crippen MR) is 85.4 cm³/mol. The van der Waals surface area contributed by atoms with Crippen molar-refractivity contribution in [2.45, 2.75) is 6.92 Å². The molecule has 19 heavy (non-hydrogen) atoms. The normalized spacial score (nSPS) is 10.3. The molecule has 0 atom stereocenters. The molecular weight excluding hydrogens is 372 g/mol. The minimum atomic E-state index is -0.186. The monoisotopic (exact) mass is 382 g/mol.